The summed E-state index contributed by atoms with van der Waals surface area (Å²) in [7, 11) is 0. The first-order valence-corrected chi connectivity index (χ1v) is 4.90. The lowest BCUT2D eigenvalue weighted by atomic mass is 10.3. The second-order valence-corrected chi connectivity index (χ2v) is 3.54. The third-order valence-electron chi connectivity index (χ3n) is 2.20. The van der Waals surface area contributed by atoms with Gasteiger partial charge in [-0.25, -0.2) is 4.90 Å². The molecule has 1 heterocycles. The molecule has 0 radical (unpaired) electrons. The summed E-state index contributed by atoms with van der Waals surface area (Å²) >= 11 is 0. The van der Waals surface area contributed by atoms with Crippen molar-refractivity contribution in [3.8, 4) is 0 Å². The number of nitrogens with zero attached hydrogens (tertiary/aromatic N) is 3. The molecular weight excluding hydrogens is 252 g/mol. The highest BCUT2D eigenvalue weighted by Crippen LogP contribution is 2.36. The van der Waals surface area contributed by atoms with Gasteiger partial charge in [-0.2, -0.15) is 18.3 Å². The van der Waals surface area contributed by atoms with Crippen LogP contribution in [0.3, 0.4) is 0 Å². The van der Waals surface area contributed by atoms with E-state index in [9.17, 15) is 26.3 Å². The summed E-state index contributed by atoms with van der Waals surface area (Å²) in [6, 6.07) is 0. The fourth-order valence-electron chi connectivity index (χ4n) is 1.42. The maximum atomic E-state index is 12.6. The van der Waals surface area contributed by atoms with Gasteiger partial charge in [0.05, 0.1) is 0 Å². The largest absolute Gasteiger partial charge is 0.487 e. The van der Waals surface area contributed by atoms with Crippen LogP contribution in [0.5, 0.6) is 0 Å². The van der Waals surface area contributed by atoms with Crippen LogP contribution in [-0.2, 0) is 0 Å². The number of hydrogen-bond acceptors (Lipinski definition) is 3. The summed E-state index contributed by atoms with van der Waals surface area (Å²) in [6.45, 7) is 1.56. The molecule has 100 valence electrons. The number of hydrazone groups is 1. The minimum absolute atomic E-state index is 0.163. The Morgan fingerprint density at radius 2 is 1.76 bits per heavy atom. The van der Waals surface area contributed by atoms with Gasteiger partial charge in [0, 0.05) is 6.54 Å². The molecule has 0 spiro atoms. The highest BCUT2D eigenvalue weighted by Gasteiger charge is 2.57. The molecule has 0 fully saturated rings. The van der Waals surface area contributed by atoms with Gasteiger partial charge in [-0.1, -0.05) is 13.3 Å². The predicted molar refractivity (Wildman–Crippen MR) is 47.8 cm³/mol. The Hall–Kier alpha value is -1.15. The van der Waals surface area contributed by atoms with E-state index >= 15 is 0 Å². The van der Waals surface area contributed by atoms with E-state index in [4.69, 9.17) is 0 Å². The molecule has 1 atom stereocenters. The minimum atomic E-state index is -5.09. The van der Waals surface area contributed by atoms with Gasteiger partial charge in [0.2, 0.25) is 6.17 Å². The Kier molecular flexibility index (Phi) is 3.78. The van der Waals surface area contributed by atoms with Crippen molar-refractivity contribution in [2.45, 2.75) is 38.4 Å². The molecule has 0 aromatic heterocycles. The van der Waals surface area contributed by atoms with Crippen molar-refractivity contribution in [1.29, 1.82) is 0 Å². The second kappa shape index (κ2) is 4.61. The van der Waals surface area contributed by atoms with Crippen molar-refractivity contribution in [2.24, 2.45) is 5.10 Å². The van der Waals surface area contributed by atoms with E-state index in [1.165, 1.54) is 0 Å². The summed E-state index contributed by atoms with van der Waals surface area (Å²) in [4.78, 5) is -0.733. The van der Waals surface area contributed by atoms with Crippen LogP contribution in [0.15, 0.2) is 5.10 Å². The molecule has 0 aromatic rings. The van der Waals surface area contributed by atoms with Crippen molar-refractivity contribution in [3.05, 3.63) is 0 Å². The van der Waals surface area contributed by atoms with E-state index in [0.29, 0.717) is 17.9 Å². The van der Waals surface area contributed by atoms with E-state index in [1.54, 1.807) is 6.92 Å². The Labute approximate surface area is 93.7 Å². The quantitative estimate of drug-likeness (QED) is 0.576. The average Bonchev–Trinajstić information content (AvgIpc) is 2.56. The van der Waals surface area contributed by atoms with E-state index in [2.05, 4.69) is 5.10 Å². The molecular formula is C8H11F6N3. The fraction of sp³-hybridized carbons (Fsp3) is 0.875. The van der Waals surface area contributed by atoms with Gasteiger partial charge < -0.3 is 0 Å². The van der Waals surface area contributed by atoms with Crippen LogP contribution in [0.2, 0.25) is 0 Å². The Bertz CT molecular complexity index is 284. The molecule has 1 aliphatic heterocycles. The fourth-order valence-corrected chi connectivity index (χ4v) is 1.42. The van der Waals surface area contributed by atoms with Crippen molar-refractivity contribution in [1.82, 2.24) is 9.91 Å². The van der Waals surface area contributed by atoms with E-state index in [1.807, 2.05) is 0 Å². The standard InChI is InChI=1S/C8H11F6N3/c1-2-3-4-17-6(7(9,10)11)16(5-15-17)8(12,13)14/h5-6H,2-4H2,1H3. The third kappa shape index (κ3) is 3.16. The van der Waals surface area contributed by atoms with Crippen LogP contribution in [0.25, 0.3) is 0 Å². The van der Waals surface area contributed by atoms with Crippen LogP contribution < -0.4 is 0 Å². The second-order valence-electron chi connectivity index (χ2n) is 3.54. The molecule has 9 heteroatoms. The zero-order valence-electron chi connectivity index (χ0n) is 8.89. The van der Waals surface area contributed by atoms with Gasteiger partial charge in [0.25, 0.3) is 0 Å². The molecule has 0 saturated heterocycles. The van der Waals surface area contributed by atoms with Crippen molar-refractivity contribution in [2.75, 3.05) is 6.54 Å². The van der Waals surface area contributed by atoms with Gasteiger partial charge >= 0.3 is 12.5 Å². The normalized spacial score (nSPS) is 21.5. The molecule has 0 N–H and O–H groups in total. The lowest BCUT2D eigenvalue weighted by Gasteiger charge is -2.32. The molecule has 0 saturated carbocycles. The van der Waals surface area contributed by atoms with E-state index in [0.717, 1.165) is 0 Å². The molecule has 0 amide bonds. The summed E-state index contributed by atoms with van der Waals surface area (Å²) in [5.74, 6) is 0. The maximum Gasteiger partial charge on any atom is 0.487 e. The zero-order valence-corrected chi connectivity index (χ0v) is 8.89. The topological polar surface area (TPSA) is 18.8 Å². The number of rotatable bonds is 3. The Morgan fingerprint density at radius 1 is 1.18 bits per heavy atom. The maximum absolute atomic E-state index is 12.6. The first kappa shape index (κ1) is 13.9. The zero-order chi connectivity index (χ0) is 13.3. The Balaban J connectivity index is 2.86. The minimum Gasteiger partial charge on any atom is -0.264 e. The monoisotopic (exact) mass is 263 g/mol. The summed E-state index contributed by atoms with van der Waals surface area (Å²) in [5.41, 5.74) is 0. The number of hydrogen-bond donors (Lipinski definition) is 0. The highest BCUT2D eigenvalue weighted by molar-refractivity contribution is 5.57. The molecule has 1 unspecified atom stereocenters. The van der Waals surface area contributed by atoms with Crippen molar-refractivity contribution < 1.29 is 26.3 Å². The summed E-state index contributed by atoms with van der Waals surface area (Å²) in [5, 5.41) is 3.58. The number of alkyl halides is 6. The highest BCUT2D eigenvalue weighted by atomic mass is 19.4. The predicted octanol–water partition coefficient (Wildman–Crippen LogP) is 2.76. The smallest absolute Gasteiger partial charge is 0.264 e. The lowest BCUT2D eigenvalue weighted by Crippen LogP contribution is -2.55. The molecule has 3 nitrogen and oxygen atoms in total. The van der Waals surface area contributed by atoms with Gasteiger partial charge in [-0.15, -0.1) is 13.2 Å². The first-order valence-electron chi connectivity index (χ1n) is 4.90. The average molecular weight is 263 g/mol. The molecule has 0 aromatic carbocycles. The SMILES string of the molecule is CCCCN1N=CN(C(F)(F)F)C1C(F)(F)F. The van der Waals surface area contributed by atoms with Gasteiger partial charge in [-0.3, -0.25) is 5.01 Å². The van der Waals surface area contributed by atoms with Crippen LogP contribution in [0.1, 0.15) is 19.8 Å². The van der Waals surface area contributed by atoms with Gasteiger partial charge in [0.15, 0.2) is 0 Å². The molecule has 17 heavy (non-hydrogen) atoms. The number of halogens is 6. The molecule has 1 aliphatic rings. The van der Waals surface area contributed by atoms with Crippen LogP contribution in [-0.4, -0.2) is 41.4 Å². The van der Waals surface area contributed by atoms with Crippen molar-refractivity contribution >= 4 is 6.34 Å². The number of unbranched alkanes of at least 4 members (excludes halogenated alkanes) is 1. The van der Waals surface area contributed by atoms with Gasteiger partial charge in [-0.05, 0) is 6.42 Å². The summed E-state index contributed by atoms with van der Waals surface area (Å²) in [6.07, 6.45) is -11.8. The molecule has 0 bridgehead atoms. The third-order valence-corrected chi connectivity index (χ3v) is 2.20. The first-order chi connectivity index (χ1) is 7.68. The molecule has 1 rings (SSSR count). The van der Waals surface area contributed by atoms with E-state index in [-0.39, 0.29) is 12.9 Å². The van der Waals surface area contributed by atoms with Crippen LogP contribution in [0, 0.1) is 0 Å². The summed E-state index contributed by atoms with van der Waals surface area (Å²) < 4.78 is 74.7. The van der Waals surface area contributed by atoms with Crippen molar-refractivity contribution in [3.63, 3.8) is 0 Å². The molecule has 0 aliphatic carbocycles. The lowest BCUT2D eigenvalue weighted by molar-refractivity contribution is -0.291. The Morgan fingerprint density at radius 3 is 2.18 bits per heavy atom. The van der Waals surface area contributed by atoms with E-state index < -0.39 is 23.5 Å². The van der Waals surface area contributed by atoms with Crippen LogP contribution in [0.4, 0.5) is 26.3 Å². The van der Waals surface area contributed by atoms with Crippen LogP contribution >= 0.6 is 0 Å². The van der Waals surface area contributed by atoms with Gasteiger partial charge in [0.1, 0.15) is 6.34 Å².